The van der Waals surface area contributed by atoms with Crippen molar-refractivity contribution in [2.75, 3.05) is 0 Å². The van der Waals surface area contributed by atoms with E-state index in [2.05, 4.69) is 27.7 Å². The van der Waals surface area contributed by atoms with Crippen molar-refractivity contribution in [3.8, 4) is 0 Å². The average Bonchev–Trinajstić information content (AvgIpc) is 1.99. The number of hydrogen-bond acceptors (Lipinski definition) is 1. The second-order valence-corrected chi connectivity index (χ2v) is 6.52. The van der Waals surface area contributed by atoms with Crippen LogP contribution in [0.2, 0.25) is 0 Å². The summed E-state index contributed by atoms with van der Waals surface area (Å²) in [4.78, 5) is 0. The van der Waals surface area contributed by atoms with Gasteiger partial charge < -0.3 is 5.11 Å². The van der Waals surface area contributed by atoms with E-state index in [-0.39, 0.29) is 5.60 Å². The van der Waals surface area contributed by atoms with E-state index in [0.717, 1.165) is 19.3 Å². The molecule has 0 heterocycles. The van der Waals surface area contributed by atoms with Gasteiger partial charge in [0.1, 0.15) is 0 Å². The topological polar surface area (TPSA) is 20.2 Å². The largest absolute Gasteiger partial charge is 0.390 e. The predicted octanol–water partition coefficient (Wildman–Crippen LogP) is 4.14. The van der Waals surface area contributed by atoms with E-state index >= 15 is 0 Å². The van der Waals surface area contributed by atoms with Crippen molar-refractivity contribution in [3.63, 3.8) is 0 Å². The minimum Gasteiger partial charge on any atom is -0.390 e. The third-order valence-electron chi connectivity index (χ3n) is 3.81. The molecule has 0 aromatic heterocycles. The van der Waals surface area contributed by atoms with Crippen LogP contribution in [0.25, 0.3) is 0 Å². The van der Waals surface area contributed by atoms with Gasteiger partial charge in [-0.2, -0.15) is 0 Å². The molecule has 0 aromatic rings. The lowest BCUT2D eigenvalue weighted by atomic mass is 9.67. The molecule has 0 saturated heterocycles. The second kappa shape index (κ2) is 4.86. The van der Waals surface area contributed by atoms with Gasteiger partial charge in [-0.15, -0.1) is 0 Å². The van der Waals surface area contributed by atoms with Gasteiger partial charge >= 0.3 is 0 Å². The van der Waals surface area contributed by atoms with Crippen LogP contribution in [-0.4, -0.2) is 10.7 Å². The molecule has 0 aromatic carbocycles. The molecule has 90 valence electrons. The summed E-state index contributed by atoms with van der Waals surface area (Å²) in [6, 6.07) is 0. The van der Waals surface area contributed by atoms with Crippen LogP contribution in [0.3, 0.4) is 0 Å². The SMILES string of the molecule is CCCC(C)CC1(O)CCCC(C)(C)C1. The van der Waals surface area contributed by atoms with Crippen LogP contribution in [-0.2, 0) is 0 Å². The molecule has 0 amide bonds. The highest BCUT2D eigenvalue weighted by Gasteiger charge is 2.38. The Morgan fingerprint density at radius 1 is 1.27 bits per heavy atom. The molecule has 1 aliphatic carbocycles. The second-order valence-electron chi connectivity index (χ2n) is 6.52. The summed E-state index contributed by atoms with van der Waals surface area (Å²) in [7, 11) is 0. The van der Waals surface area contributed by atoms with Gasteiger partial charge in [0.15, 0.2) is 0 Å². The van der Waals surface area contributed by atoms with Crippen molar-refractivity contribution in [3.05, 3.63) is 0 Å². The van der Waals surface area contributed by atoms with Crippen LogP contribution < -0.4 is 0 Å². The lowest BCUT2D eigenvalue weighted by Crippen LogP contribution is -2.40. The summed E-state index contributed by atoms with van der Waals surface area (Å²) >= 11 is 0. The van der Waals surface area contributed by atoms with Crippen LogP contribution in [0.15, 0.2) is 0 Å². The molecule has 0 spiro atoms. The fourth-order valence-electron chi connectivity index (χ4n) is 3.38. The van der Waals surface area contributed by atoms with Crippen LogP contribution in [0, 0.1) is 11.3 Å². The molecule has 2 unspecified atom stereocenters. The molecule has 1 nitrogen and oxygen atoms in total. The molecular formula is C14H28O. The average molecular weight is 212 g/mol. The highest BCUT2D eigenvalue weighted by Crippen LogP contribution is 2.43. The molecule has 2 atom stereocenters. The molecule has 1 heteroatoms. The van der Waals surface area contributed by atoms with Gasteiger partial charge in [0, 0.05) is 0 Å². The molecule has 0 aliphatic heterocycles. The van der Waals surface area contributed by atoms with Gasteiger partial charge in [-0.1, -0.05) is 47.0 Å². The van der Waals surface area contributed by atoms with Gasteiger partial charge in [-0.05, 0) is 37.0 Å². The fourth-order valence-corrected chi connectivity index (χ4v) is 3.38. The van der Waals surface area contributed by atoms with Crippen LogP contribution >= 0.6 is 0 Å². The Morgan fingerprint density at radius 2 is 1.93 bits per heavy atom. The Morgan fingerprint density at radius 3 is 2.47 bits per heavy atom. The number of hydrogen-bond donors (Lipinski definition) is 1. The molecule has 0 radical (unpaired) electrons. The maximum absolute atomic E-state index is 10.6. The molecule has 1 N–H and O–H groups in total. The highest BCUT2D eigenvalue weighted by atomic mass is 16.3. The van der Waals surface area contributed by atoms with Gasteiger partial charge in [-0.3, -0.25) is 0 Å². The Bertz CT molecular complexity index is 198. The standard InChI is InChI=1S/C14H28O/c1-5-7-12(2)10-14(15)9-6-8-13(3,4)11-14/h12,15H,5-11H2,1-4H3. The minimum atomic E-state index is -0.365. The highest BCUT2D eigenvalue weighted by molar-refractivity contribution is 4.91. The normalized spacial score (nSPS) is 32.6. The van der Waals surface area contributed by atoms with E-state index in [0.29, 0.717) is 11.3 Å². The van der Waals surface area contributed by atoms with Gasteiger partial charge in [-0.25, -0.2) is 0 Å². The lowest BCUT2D eigenvalue weighted by molar-refractivity contribution is -0.0549. The molecule has 1 fully saturated rings. The Kier molecular flexibility index (Phi) is 4.22. The van der Waals surface area contributed by atoms with Crippen molar-refractivity contribution in [1.29, 1.82) is 0 Å². The Hall–Kier alpha value is -0.0400. The number of aliphatic hydroxyl groups is 1. The van der Waals surface area contributed by atoms with Gasteiger partial charge in [0.05, 0.1) is 5.60 Å². The van der Waals surface area contributed by atoms with Gasteiger partial charge in [0.2, 0.25) is 0 Å². The smallest absolute Gasteiger partial charge is 0.0655 e. The third-order valence-corrected chi connectivity index (χ3v) is 3.81. The number of rotatable bonds is 4. The van der Waals surface area contributed by atoms with Crippen LogP contribution in [0.5, 0.6) is 0 Å². The van der Waals surface area contributed by atoms with E-state index in [1.165, 1.54) is 25.7 Å². The molecule has 1 aliphatic rings. The third kappa shape index (κ3) is 4.14. The molecular weight excluding hydrogens is 184 g/mol. The summed E-state index contributed by atoms with van der Waals surface area (Å²) in [5.41, 5.74) is -0.0186. The Labute approximate surface area is 95.3 Å². The van der Waals surface area contributed by atoms with Crippen LogP contribution in [0.1, 0.15) is 72.6 Å². The summed E-state index contributed by atoms with van der Waals surface area (Å²) in [6.07, 6.45) is 7.98. The first-order chi connectivity index (χ1) is 6.87. The molecule has 1 rings (SSSR count). The zero-order valence-corrected chi connectivity index (χ0v) is 11.0. The van der Waals surface area contributed by atoms with Crippen molar-refractivity contribution < 1.29 is 5.11 Å². The van der Waals surface area contributed by atoms with E-state index in [1.807, 2.05) is 0 Å². The minimum absolute atomic E-state index is 0.346. The van der Waals surface area contributed by atoms with Crippen molar-refractivity contribution >= 4 is 0 Å². The zero-order valence-electron chi connectivity index (χ0n) is 11.0. The molecule has 1 saturated carbocycles. The molecule has 15 heavy (non-hydrogen) atoms. The summed E-state index contributed by atoms with van der Waals surface area (Å²) in [5, 5.41) is 10.6. The fraction of sp³-hybridized carbons (Fsp3) is 1.00. The first-order valence-corrected chi connectivity index (χ1v) is 6.59. The summed E-state index contributed by atoms with van der Waals surface area (Å²) < 4.78 is 0. The maximum atomic E-state index is 10.6. The first kappa shape index (κ1) is 13.0. The monoisotopic (exact) mass is 212 g/mol. The van der Waals surface area contributed by atoms with E-state index in [1.54, 1.807) is 0 Å². The zero-order chi connectivity index (χ0) is 11.5. The van der Waals surface area contributed by atoms with E-state index in [9.17, 15) is 5.11 Å². The first-order valence-electron chi connectivity index (χ1n) is 6.59. The Balaban J connectivity index is 2.50. The van der Waals surface area contributed by atoms with Gasteiger partial charge in [0.25, 0.3) is 0 Å². The van der Waals surface area contributed by atoms with Crippen molar-refractivity contribution in [1.82, 2.24) is 0 Å². The van der Waals surface area contributed by atoms with E-state index in [4.69, 9.17) is 0 Å². The quantitative estimate of drug-likeness (QED) is 0.742. The predicted molar refractivity (Wildman–Crippen MR) is 65.9 cm³/mol. The molecule has 0 bridgehead atoms. The summed E-state index contributed by atoms with van der Waals surface area (Å²) in [5.74, 6) is 0.675. The van der Waals surface area contributed by atoms with Crippen LogP contribution in [0.4, 0.5) is 0 Å². The summed E-state index contributed by atoms with van der Waals surface area (Å²) in [6.45, 7) is 9.09. The van der Waals surface area contributed by atoms with E-state index < -0.39 is 0 Å². The maximum Gasteiger partial charge on any atom is 0.0655 e. The van der Waals surface area contributed by atoms with Crippen molar-refractivity contribution in [2.45, 2.75) is 78.2 Å². The lowest BCUT2D eigenvalue weighted by Gasteiger charge is -2.42. The van der Waals surface area contributed by atoms with Crippen molar-refractivity contribution in [2.24, 2.45) is 11.3 Å².